The molecule has 0 aliphatic heterocycles. The van der Waals surface area contributed by atoms with E-state index < -0.39 is 5.60 Å². The molecule has 0 aromatic carbocycles. The second-order valence-corrected chi connectivity index (χ2v) is 8.76. The van der Waals surface area contributed by atoms with E-state index in [4.69, 9.17) is 9.47 Å². The number of carbonyl (C=O) groups excluding carboxylic acids is 1. The van der Waals surface area contributed by atoms with Crippen LogP contribution in [0.1, 0.15) is 79.1 Å². The molecule has 1 aliphatic rings. The third kappa shape index (κ3) is 9.77. The van der Waals surface area contributed by atoms with Crippen LogP contribution >= 0.6 is 0 Å². The van der Waals surface area contributed by atoms with Crippen LogP contribution < -0.4 is 0 Å². The Bertz CT molecular complexity index is 387. The highest BCUT2D eigenvalue weighted by molar-refractivity contribution is 5.68. The molecule has 1 amide bonds. The van der Waals surface area contributed by atoms with E-state index in [1.54, 1.807) is 4.90 Å². The van der Waals surface area contributed by atoms with Crippen LogP contribution in [0.4, 0.5) is 4.79 Å². The van der Waals surface area contributed by atoms with Crippen LogP contribution in [-0.4, -0.2) is 67.4 Å². The number of unbranched alkanes of at least 4 members (excludes halogenated alkanes) is 2. The van der Waals surface area contributed by atoms with Crippen molar-refractivity contribution < 1.29 is 14.3 Å². The van der Waals surface area contributed by atoms with Crippen LogP contribution in [0, 0.1) is 0 Å². The van der Waals surface area contributed by atoms with Gasteiger partial charge >= 0.3 is 6.09 Å². The van der Waals surface area contributed by atoms with Crippen LogP contribution in [0.3, 0.4) is 0 Å². The summed E-state index contributed by atoms with van der Waals surface area (Å²) in [6.45, 7) is 11.1. The van der Waals surface area contributed by atoms with Crippen LogP contribution in [0.15, 0.2) is 0 Å². The summed E-state index contributed by atoms with van der Waals surface area (Å²) in [5.41, 5.74) is -0.435. The highest BCUT2D eigenvalue weighted by Crippen LogP contribution is 2.25. The molecule has 1 fully saturated rings. The molecular weight excluding hydrogens is 328 g/mol. The molecule has 0 spiro atoms. The molecule has 0 saturated heterocycles. The van der Waals surface area contributed by atoms with Crippen molar-refractivity contribution in [3.05, 3.63) is 0 Å². The average molecular weight is 371 g/mol. The second-order valence-electron chi connectivity index (χ2n) is 8.76. The Kier molecular flexibility index (Phi) is 10.6. The fourth-order valence-electron chi connectivity index (χ4n) is 3.41. The predicted octanol–water partition coefficient (Wildman–Crippen LogP) is 4.69. The normalized spacial score (nSPS) is 21.0. The van der Waals surface area contributed by atoms with Gasteiger partial charge < -0.3 is 19.3 Å². The monoisotopic (exact) mass is 370 g/mol. The van der Waals surface area contributed by atoms with E-state index in [-0.39, 0.29) is 12.1 Å². The first-order valence-corrected chi connectivity index (χ1v) is 10.5. The molecule has 1 rings (SSSR count). The first kappa shape index (κ1) is 23.2. The van der Waals surface area contributed by atoms with Gasteiger partial charge in [-0.25, -0.2) is 4.79 Å². The molecule has 26 heavy (non-hydrogen) atoms. The number of carbonyl (C=O) groups is 1. The molecule has 0 aromatic rings. The van der Waals surface area contributed by atoms with E-state index in [2.05, 4.69) is 18.9 Å². The smallest absolute Gasteiger partial charge is 0.410 e. The topological polar surface area (TPSA) is 42.0 Å². The Labute approximate surface area is 161 Å². The summed E-state index contributed by atoms with van der Waals surface area (Å²) in [6, 6.07) is 0.273. The maximum absolute atomic E-state index is 12.2. The van der Waals surface area contributed by atoms with Gasteiger partial charge in [-0.1, -0.05) is 19.8 Å². The van der Waals surface area contributed by atoms with Crippen molar-refractivity contribution in [3.63, 3.8) is 0 Å². The van der Waals surface area contributed by atoms with E-state index >= 15 is 0 Å². The fourth-order valence-corrected chi connectivity index (χ4v) is 3.41. The Morgan fingerprint density at radius 1 is 1.00 bits per heavy atom. The van der Waals surface area contributed by atoms with Gasteiger partial charge in [0.05, 0.1) is 6.10 Å². The quantitative estimate of drug-likeness (QED) is 0.523. The van der Waals surface area contributed by atoms with Crippen LogP contribution in [0.2, 0.25) is 0 Å². The maximum Gasteiger partial charge on any atom is 0.410 e. The van der Waals surface area contributed by atoms with Crippen molar-refractivity contribution in [2.45, 2.75) is 96.8 Å². The summed E-state index contributed by atoms with van der Waals surface area (Å²) >= 11 is 0. The Hall–Kier alpha value is -0.810. The van der Waals surface area contributed by atoms with Gasteiger partial charge in [0.15, 0.2) is 0 Å². The Morgan fingerprint density at radius 2 is 1.62 bits per heavy atom. The first-order chi connectivity index (χ1) is 12.2. The number of amides is 1. The molecular formula is C21H42N2O3. The minimum Gasteiger partial charge on any atom is -0.444 e. The number of hydrogen-bond donors (Lipinski definition) is 0. The van der Waals surface area contributed by atoms with E-state index in [0.29, 0.717) is 6.10 Å². The summed E-state index contributed by atoms with van der Waals surface area (Å²) in [5.74, 6) is 0. The number of ether oxygens (including phenoxy) is 2. The van der Waals surface area contributed by atoms with Crippen molar-refractivity contribution in [1.29, 1.82) is 0 Å². The molecule has 154 valence electrons. The molecule has 0 unspecified atom stereocenters. The fraction of sp³-hybridized carbons (Fsp3) is 0.952. The lowest BCUT2D eigenvalue weighted by Gasteiger charge is -2.35. The Balaban J connectivity index is 2.15. The largest absolute Gasteiger partial charge is 0.444 e. The molecule has 0 heterocycles. The Morgan fingerprint density at radius 3 is 2.19 bits per heavy atom. The van der Waals surface area contributed by atoms with Crippen LogP contribution in [0.5, 0.6) is 0 Å². The van der Waals surface area contributed by atoms with Gasteiger partial charge in [-0.05, 0) is 72.9 Å². The van der Waals surface area contributed by atoms with Crippen molar-refractivity contribution in [2.24, 2.45) is 0 Å². The van der Waals surface area contributed by atoms with E-state index in [1.165, 1.54) is 25.8 Å². The highest BCUT2D eigenvalue weighted by atomic mass is 16.6. The highest BCUT2D eigenvalue weighted by Gasteiger charge is 2.29. The van der Waals surface area contributed by atoms with Crippen LogP contribution in [-0.2, 0) is 9.47 Å². The summed E-state index contributed by atoms with van der Waals surface area (Å²) in [6.07, 6.45) is 9.19. The predicted molar refractivity (Wildman–Crippen MR) is 108 cm³/mol. The lowest BCUT2D eigenvalue weighted by molar-refractivity contribution is -0.00651. The summed E-state index contributed by atoms with van der Waals surface area (Å²) in [5, 5.41) is 0. The summed E-state index contributed by atoms with van der Waals surface area (Å²) < 4.78 is 11.5. The molecule has 0 aromatic heterocycles. The number of rotatable bonds is 10. The van der Waals surface area contributed by atoms with Crippen molar-refractivity contribution >= 4 is 6.09 Å². The van der Waals surface area contributed by atoms with Gasteiger partial charge in [-0.2, -0.15) is 0 Å². The molecule has 0 N–H and O–H groups in total. The van der Waals surface area contributed by atoms with Gasteiger partial charge in [0.25, 0.3) is 0 Å². The molecule has 0 bridgehead atoms. The summed E-state index contributed by atoms with van der Waals surface area (Å²) in [7, 11) is 4.06. The standard InChI is InChI=1S/C21H42N2O3/c1-7-8-9-15-22(5)16-10-17-25-19-13-11-18(12-14-19)23(6)20(24)26-21(2,3)4/h18-19H,7-17H2,1-6H3/t18-,19-. The number of hydrogen-bond acceptors (Lipinski definition) is 4. The minimum atomic E-state index is -0.435. The van der Waals surface area contributed by atoms with Gasteiger partial charge in [0.2, 0.25) is 0 Å². The number of nitrogens with zero attached hydrogens (tertiary/aromatic N) is 2. The van der Waals surface area contributed by atoms with Gasteiger partial charge in [0, 0.05) is 26.2 Å². The molecule has 5 nitrogen and oxygen atoms in total. The zero-order valence-corrected chi connectivity index (χ0v) is 18.1. The van der Waals surface area contributed by atoms with Crippen molar-refractivity contribution in [2.75, 3.05) is 33.8 Å². The van der Waals surface area contributed by atoms with Gasteiger partial charge in [0.1, 0.15) is 5.60 Å². The first-order valence-electron chi connectivity index (χ1n) is 10.5. The maximum atomic E-state index is 12.2. The lowest BCUT2D eigenvalue weighted by Crippen LogP contribution is -2.43. The van der Waals surface area contributed by atoms with Crippen molar-refractivity contribution in [3.8, 4) is 0 Å². The summed E-state index contributed by atoms with van der Waals surface area (Å²) in [4.78, 5) is 16.4. The third-order valence-corrected chi connectivity index (χ3v) is 5.05. The van der Waals surface area contributed by atoms with Crippen molar-refractivity contribution in [1.82, 2.24) is 9.80 Å². The molecule has 5 heteroatoms. The molecule has 0 radical (unpaired) electrons. The molecule has 1 aliphatic carbocycles. The zero-order valence-electron chi connectivity index (χ0n) is 18.1. The van der Waals surface area contributed by atoms with Gasteiger partial charge in [-0.15, -0.1) is 0 Å². The van der Waals surface area contributed by atoms with E-state index in [0.717, 1.165) is 45.3 Å². The molecule has 0 atom stereocenters. The van der Waals surface area contributed by atoms with E-state index in [9.17, 15) is 4.79 Å². The SMILES string of the molecule is CCCCCN(C)CCCO[C@H]1CC[C@H](N(C)C(=O)OC(C)(C)C)CC1. The van der Waals surface area contributed by atoms with E-state index in [1.807, 2.05) is 27.8 Å². The third-order valence-electron chi connectivity index (χ3n) is 5.05. The second kappa shape index (κ2) is 11.8. The minimum absolute atomic E-state index is 0.215. The lowest BCUT2D eigenvalue weighted by atomic mass is 9.92. The van der Waals surface area contributed by atoms with Crippen LogP contribution in [0.25, 0.3) is 0 Å². The molecule has 1 saturated carbocycles. The van der Waals surface area contributed by atoms with Gasteiger partial charge in [-0.3, -0.25) is 0 Å². The average Bonchev–Trinajstić information content (AvgIpc) is 2.57. The zero-order chi connectivity index (χ0) is 19.6.